The number of hydrogen-bond acceptors (Lipinski definition) is 2. The summed E-state index contributed by atoms with van der Waals surface area (Å²) in [5, 5.41) is 0.616. The van der Waals surface area contributed by atoms with Gasteiger partial charge in [0, 0.05) is 23.3 Å². The zero-order valence-corrected chi connectivity index (χ0v) is 8.16. The van der Waals surface area contributed by atoms with Crippen LogP contribution in [-0.2, 0) is 6.54 Å². The van der Waals surface area contributed by atoms with Crippen LogP contribution < -0.4 is 11.3 Å². The first-order chi connectivity index (χ1) is 6.72. The molecule has 2 aromatic rings. The van der Waals surface area contributed by atoms with Crippen LogP contribution in [0.2, 0.25) is 5.02 Å². The van der Waals surface area contributed by atoms with E-state index in [-0.39, 0.29) is 12.1 Å². The fourth-order valence-corrected chi connectivity index (χ4v) is 1.54. The summed E-state index contributed by atoms with van der Waals surface area (Å²) in [4.78, 5) is 11.7. The Morgan fingerprint density at radius 1 is 1.36 bits per heavy atom. The van der Waals surface area contributed by atoms with E-state index in [1.165, 1.54) is 4.40 Å². The van der Waals surface area contributed by atoms with Crippen molar-refractivity contribution in [1.82, 2.24) is 4.40 Å². The van der Waals surface area contributed by atoms with Crippen molar-refractivity contribution in [3.63, 3.8) is 0 Å². The molecule has 0 unspecified atom stereocenters. The van der Waals surface area contributed by atoms with Gasteiger partial charge < -0.3 is 5.73 Å². The van der Waals surface area contributed by atoms with E-state index in [0.29, 0.717) is 10.6 Å². The second-order valence-electron chi connectivity index (χ2n) is 3.01. The fraction of sp³-hybridized carbons (Fsp3) is 0.100. The van der Waals surface area contributed by atoms with E-state index in [1.54, 1.807) is 24.4 Å². The minimum atomic E-state index is -0.0818. The summed E-state index contributed by atoms with van der Waals surface area (Å²) in [6, 6.07) is 6.98. The molecule has 0 bridgehead atoms. The molecule has 0 aliphatic carbocycles. The van der Waals surface area contributed by atoms with Crippen molar-refractivity contribution in [2.75, 3.05) is 0 Å². The van der Waals surface area contributed by atoms with Crippen molar-refractivity contribution in [2.24, 2.45) is 5.73 Å². The largest absolute Gasteiger partial charge is 0.326 e. The number of nitrogens with zero attached hydrogens (tertiary/aromatic N) is 1. The Morgan fingerprint density at radius 3 is 2.86 bits per heavy atom. The lowest BCUT2D eigenvalue weighted by Gasteiger charge is -2.02. The minimum absolute atomic E-state index is 0.0818. The summed E-state index contributed by atoms with van der Waals surface area (Å²) in [6.45, 7) is 0.254. The lowest BCUT2D eigenvalue weighted by Crippen LogP contribution is -2.19. The molecule has 0 aromatic carbocycles. The molecule has 0 fully saturated rings. The molecule has 4 heteroatoms. The van der Waals surface area contributed by atoms with E-state index in [2.05, 4.69) is 0 Å². The van der Waals surface area contributed by atoms with E-state index in [9.17, 15) is 4.79 Å². The third kappa shape index (κ3) is 1.41. The highest BCUT2D eigenvalue weighted by atomic mass is 35.5. The van der Waals surface area contributed by atoms with Gasteiger partial charge >= 0.3 is 0 Å². The van der Waals surface area contributed by atoms with Gasteiger partial charge in [-0.15, -0.1) is 0 Å². The van der Waals surface area contributed by atoms with Gasteiger partial charge in [0.1, 0.15) is 0 Å². The van der Waals surface area contributed by atoms with Gasteiger partial charge in [0.15, 0.2) is 0 Å². The molecule has 0 aliphatic heterocycles. The van der Waals surface area contributed by atoms with Crippen molar-refractivity contribution in [2.45, 2.75) is 6.54 Å². The molecule has 0 atom stereocenters. The van der Waals surface area contributed by atoms with Gasteiger partial charge in [0.05, 0.1) is 5.52 Å². The standard InChI is InChI=1S/C10H9ClN2O/c11-8-3-4-13-9(5-8)2-1-7(6-12)10(13)14/h1-5H,6,12H2. The van der Waals surface area contributed by atoms with Gasteiger partial charge in [-0.3, -0.25) is 9.20 Å². The summed E-state index contributed by atoms with van der Waals surface area (Å²) in [6.07, 6.45) is 1.65. The number of rotatable bonds is 1. The van der Waals surface area contributed by atoms with Gasteiger partial charge in [0.2, 0.25) is 0 Å². The van der Waals surface area contributed by atoms with E-state index in [1.807, 2.05) is 6.07 Å². The Balaban J connectivity index is 2.84. The Hall–Kier alpha value is -1.32. The molecule has 0 spiro atoms. The van der Waals surface area contributed by atoms with Crippen molar-refractivity contribution >= 4 is 17.1 Å². The molecule has 0 saturated carbocycles. The molecule has 14 heavy (non-hydrogen) atoms. The van der Waals surface area contributed by atoms with Gasteiger partial charge in [-0.05, 0) is 18.2 Å². The van der Waals surface area contributed by atoms with E-state index < -0.39 is 0 Å². The topological polar surface area (TPSA) is 47.5 Å². The third-order valence-corrected chi connectivity index (χ3v) is 2.35. The van der Waals surface area contributed by atoms with Gasteiger partial charge in [-0.2, -0.15) is 0 Å². The summed E-state index contributed by atoms with van der Waals surface area (Å²) in [5.41, 5.74) is 6.73. The molecule has 72 valence electrons. The minimum Gasteiger partial charge on any atom is -0.326 e. The number of fused-ring (bicyclic) bond motifs is 1. The third-order valence-electron chi connectivity index (χ3n) is 2.12. The Kier molecular flexibility index (Phi) is 2.27. The quantitative estimate of drug-likeness (QED) is 0.771. The van der Waals surface area contributed by atoms with Crippen LogP contribution >= 0.6 is 11.6 Å². The molecule has 0 saturated heterocycles. The molecule has 0 amide bonds. The fourth-order valence-electron chi connectivity index (χ4n) is 1.37. The second-order valence-corrected chi connectivity index (χ2v) is 3.44. The number of halogens is 1. The Bertz CT molecular complexity index is 533. The van der Waals surface area contributed by atoms with Gasteiger partial charge in [0.25, 0.3) is 5.56 Å². The Morgan fingerprint density at radius 2 is 2.14 bits per heavy atom. The molecule has 2 aromatic heterocycles. The van der Waals surface area contributed by atoms with Gasteiger partial charge in [-0.25, -0.2) is 0 Å². The summed E-state index contributed by atoms with van der Waals surface area (Å²) < 4.78 is 1.54. The van der Waals surface area contributed by atoms with Crippen LogP contribution in [0.25, 0.3) is 5.52 Å². The maximum absolute atomic E-state index is 11.7. The zero-order chi connectivity index (χ0) is 10.1. The first kappa shape index (κ1) is 9.24. The van der Waals surface area contributed by atoms with Crippen LogP contribution in [0.1, 0.15) is 5.56 Å². The van der Waals surface area contributed by atoms with Crippen LogP contribution in [0.3, 0.4) is 0 Å². The highest BCUT2D eigenvalue weighted by Crippen LogP contribution is 2.10. The number of pyridine rings is 2. The average Bonchev–Trinajstić information content (AvgIpc) is 2.18. The monoisotopic (exact) mass is 208 g/mol. The first-order valence-electron chi connectivity index (χ1n) is 4.22. The smallest absolute Gasteiger partial charge is 0.259 e. The lowest BCUT2D eigenvalue weighted by atomic mass is 10.2. The predicted molar refractivity (Wildman–Crippen MR) is 56.6 cm³/mol. The number of aromatic nitrogens is 1. The summed E-state index contributed by atoms with van der Waals surface area (Å²) in [5.74, 6) is 0. The van der Waals surface area contributed by atoms with Crippen LogP contribution in [0.5, 0.6) is 0 Å². The molecule has 2 rings (SSSR count). The van der Waals surface area contributed by atoms with E-state index in [4.69, 9.17) is 17.3 Å². The van der Waals surface area contributed by atoms with E-state index >= 15 is 0 Å². The molecule has 3 nitrogen and oxygen atoms in total. The maximum Gasteiger partial charge on any atom is 0.259 e. The highest BCUT2D eigenvalue weighted by Gasteiger charge is 2.01. The molecule has 0 aliphatic rings. The van der Waals surface area contributed by atoms with Crippen molar-refractivity contribution in [3.8, 4) is 0 Å². The normalized spacial score (nSPS) is 10.7. The van der Waals surface area contributed by atoms with Crippen LogP contribution in [0.15, 0.2) is 35.3 Å². The average molecular weight is 209 g/mol. The van der Waals surface area contributed by atoms with Crippen molar-refractivity contribution in [3.05, 3.63) is 51.4 Å². The maximum atomic E-state index is 11.7. The van der Waals surface area contributed by atoms with Crippen LogP contribution in [-0.4, -0.2) is 4.40 Å². The highest BCUT2D eigenvalue weighted by molar-refractivity contribution is 6.30. The van der Waals surface area contributed by atoms with Crippen LogP contribution in [0, 0.1) is 0 Å². The summed E-state index contributed by atoms with van der Waals surface area (Å²) in [7, 11) is 0. The molecular formula is C10H9ClN2O. The predicted octanol–water partition coefficient (Wildman–Crippen LogP) is 1.41. The van der Waals surface area contributed by atoms with E-state index in [0.717, 1.165) is 5.52 Å². The lowest BCUT2D eigenvalue weighted by molar-refractivity contribution is 0.980. The van der Waals surface area contributed by atoms with Crippen molar-refractivity contribution < 1.29 is 0 Å². The van der Waals surface area contributed by atoms with Gasteiger partial charge in [-0.1, -0.05) is 17.7 Å². The van der Waals surface area contributed by atoms with Crippen LogP contribution in [0.4, 0.5) is 0 Å². The SMILES string of the molecule is NCc1ccc2cc(Cl)ccn2c1=O. The molecule has 0 radical (unpaired) electrons. The second kappa shape index (κ2) is 3.44. The van der Waals surface area contributed by atoms with Crippen molar-refractivity contribution in [1.29, 1.82) is 0 Å². The Labute approximate surface area is 85.7 Å². The molecule has 2 heterocycles. The molecule has 2 N–H and O–H groups in total. The number of hydrogen-bond donors (Lipinski definition) is 1. The summed E-state index contributed by atoms with van der Waals surface area (Å²) >= 11 is 5.80. The first-order valence-corrected chi connectivity index (χ1v) is 4.60. The zero-order valence-electron chi connectivity index (χ0n) is 7.40. The molecular weight excluding hydrogens is 200 g/mol. The number of nitrogens with two attached hydrogens (primary N) is 1.